The van der Waals surface area contributed by atoms with Crippen LogP contribution in [0.4, 0.5) is 0 Å². The number of piperidine rings is 1. The van der Waals surface area contributed by atoms with E-state index in [1.807, 2.05) is 6.07 Å². The van der Waals surface area contributed by atoms with Crippen molar-refractivity contribution in [2.45, 2.75) is 44.6 Å². The van der Waals surface area contributed by atoms with Gasteiger partial charge in [0, 0.05) is 31.4 Å². The van der Waals surface area contributed by atoms with Crippen LogP contribution in [0.1, 0.15) is 48.9 Å². The average molecular weight is 317 g/mol. The molecule has 126 valence electrons. The highest BCUT2D eigenvalue weighted by molar-refractivity contribution is 5.94. The van der Waals surface area contributed by atoms with Crippen LogP contribution in [0.15, 0.2) is 18.3 Å². The number of pyridine rings is 1. The zero-order valence-electron chi connectivity index (χ0n) is 14.0. The predicted molar refractivity (Wildman–Crippen MR) is 89.8 cm³/mol. The largest absolute Gasteiger partial charge is 0.481 e. The number of likely N-dealkylation sites (tertiary alicyclic amines) is 2. The zero-order chi connectivity index (χ0) is 16.1. The van der Waals surface area contributed by atoms with Crippen LogP contribution in [0.5, 0.6) is 5.88 Å². The standard InChI is InChI=1S/C18H27N3O2/c1-23-17-8-7-15(14-19-17)18(22)21-12-3-2-6-16(21)9-13-20-10-4-5-11-20/h7-8,14,16H,2-6,9-13H2,1H3. The van der Waals surface area contributed by atoms with Crippen LogP contribution in [-0.2, 0) is 0 Å². The third-order valence-electron chi connectivity index (χ3n) is 5.06. The van der Waals surface area contributed by atoms with Crippen LogP contribution in [0, 0.1) is 0 Å². The molecule has 1 aromatic heterocycles. The molecule has 2 aliphatic rings. The van der Waals surface area contributed by atoms with Gasteiger partial charge >= 0.3 is 0 Å². The Bertz CT molecular complexity index is 512. The normalized spacial score (nSPS) is 22.3. The van der Waals surface area contributed by atoms with E-state index in [4.69, 9.17) is 4.74 Å². The Kier molecular flexibility index (Phi) is 5.49. The third-order valence-corrected chi connectivity index (χ3v) is 5.06. The van der Waals surface area contributed by atoms with Crippen LogP contribution in [0.25, 0.3) is 0 Å². The fraction of sp³-hybridized carbons (Fsp3) is 0.667. The summed E-state index contributed by atoms with van der Waals surface area (Å²) in [5, 5.41) is 0. The van der Waals surface area contributed by atoms with Gasteiger partial charge in [-0.1, -0.05) is 0 Å². The Labute approximate surface area is 138 Å². The minimum Gasteiger partial charge on any atom is -0.481 e. The van der Waals surface area contributed by atoms with E-state index in [9.17, 15) is 4.79 Å². The first-order valence-corrected chi connectivity index (χ1v) is 8.81. The summed E-state index contributed by atoms with van der Waals surface area (Å²) in [5.41, 5.74) is 0.666. The van der Waals surface area contributed by atoms with E-state index in [-0.39, 0.29) is 5.91 Å². The predicted octanol–water partition coefficient (Wildman–Crippen LogP) is 2.57. The molecule has 23 heavy (non-hydrogen) atoms. The first-order valence-electron chi connectivity index (χ1n) is 8.81. The highest BCUT2D eigenvalue weighted by atomic mass is 16.5. The number of amides is 1. The van der Waals surface area contributed by atoms with E-state index in [0.29, 0.717) is 17.5 Å². The van der Waals surface area contributed by atoms with E-state index in [1.54, 1.807) is 19.4 Å². The fourth-order valence-corrected chi connectivity index (χ4v) is 3.70. The van der Waals surface area contributed by atoms with Crippen molar-refractivity contribution < 1.29 is 9.53 Å². The molecule has 0 aliphatic carbocycles. The van der Waals surface area contributed by atoms with Crippen molar-refractivity contribution in [1.29, 1.82) is 0 Å². The van der Waals surface area contributed by atoms with Gasteiger partial charge in [-0.15, -0.1) is 0 Å². The molecular formula is C18H27N3O2. The summed E-state index contributed by atoms with van der Waals surface area (Å²) in [6.45, 7) is 4.44. The van der Waals surface area contributed by atoms with Gasteiger partial charge in [0.15, 0.2) is 0 Å². The second kappa shape index (κ2) is 7.77. The molecule has 1 unspecified atom stereocenters. The SMILES string of the molecule is COc1ccc(C(=O)N2CCCCC2CCN2CCCC2)cn1. The van der Waals surface area contributed by atoms with Crippen molar-refractivity contribution in [3.05, 3.63) is 23.9 Å². The molecule has 2 fully saturated rings. The first kappa shape index (κ1) is 16.2. The van der Waals surface area contributed by atoms with Gasteiger partial charge in [-0.05, 0) is 57.7 Å². The maximum absolute atomic E-state index is 12.8. The Hall–Kier alpha value is -1.62. The number of carbonyl (C=O) groups is 1. The average Bonchev–Trinajstić information content (AvgIpc) is 3.13. The highest BCUT2D eigenvalue weighted by Gasteiger charge is 2.28. The quantitative estimate of drug-likeness (QED) is 0.837. The number of hydrogen-bond acceptors (Lipinski definition) is 4. The van der Waals surface area contributed by atoms with Crippen LogP contribution in [-0.4, -0.2) is 60.0 Å². The summed E-state index contributed by atoms with van der Waals surface area (Å²) in [6, 6.07) is 3.95. The van der Waals surface area contributed by atoms with E-state index in [1.165, 1.54) is 32.4 Å². The first-order chi connectivity index (χ1) is 11.3. The van der Waals surface area contributed by atoms with E-state index < -0.39 is 0 Å². The molecule has 3 heterocycles. The van der Waals surface area contributed by atoms with Crippen LogP contribution < -0.4 is 4.74 Å². The number of nitrogens with zero attached hydrogens (tertiary/aromatic N) is 3. The van der Waals surface area contributed by atoms with Crippen molar-refractivity contribution in [3.63, 3.8) is 0 Å². The van der Waals surface area contributed by atoms with Crippen molar-refractivity contribution in [2.75, 3.05) is 33.3 Å². The van der Waals surface area contributed by atoms with Crippen molar-refractivity contribution in [2.24, 2.45) is 0 Å². The van der Waals surface area contributed by atoms with Gasteiger partial charge in [0.1, 0.15) is 0 Å². The van der Waals surface area contributed by atoms with E-state index in [2.05, 4.69) is 14.8 Å². The van der Waals surface area contributed by atoms with Crippen LogP contribution in [0.2, 0.25) is 0 Å². The molecule has 2 aliphatic heterocycles. The molecule has 5 heteroatoms. The lowest BCUT2D eigenvalue weighted by Crippen LogP contribution is -2.45. The van der Waals surface area contributed by atoms with Crippen molar-refractivity contribution >= 4 is 5.91 Å². The Morgan fingerprint density at radius 1 is 1.22 bits per heavy atom. The van der Waals surface area contributed by atoms with Gasteiger partial charge in [-0.2, -0.15) is 0 Å². The molecule has 0 aromatic carbocycles. The maximum Gasteiger partial charge on any atom is 0.255 e. The lowest BCUT2D eigenvalue weighted by atomic mass is 9.98. The van der Waals surface area contributed by atoms with Crippen LogP contribution in [0.3, 0.4) is 0 Å². The summed E-state index contributed by atoms with van der Waals surface area (Å²) in [6.07, 6.45) is 8.84. The van der Waals surface area contributed by atoms with E-state index >= 15 is 0 Å². The second-order valence-electron chi connectivity index (χ2n) is 6.57. The molecule has 3 rings (SSSR count). The monoisotopic (exact) mass is 317 g/mol. The minimum atomic E-state index is 0.117. The van der Waals surface area contributed by atoms with Gasteiger partial charge in [0.05, 0.1) is 12.7 Å². The molecule has 2 saturated heterocycles. The number of aromatic nitrogens is 1. The number of carbonyl (C=O) groups excluding carboxylic acids is 1. The molecule has 0 saturated carbocycles. The van der Waals surface area contributed by atoms with E-state index in [0.717, 1.165) is 32.4 Å². The number of hydrogen-bond donors (Lipinski definition) is 0. The van der Waals surface area contributed by atoms with Gasteiger partial charge in [0.2, 0.25) is 5.88 Å². The number of ether oxygens (including phenoxy) is 1. The minimum absolute atomic E-state index is 0.117. The lowest BCUT2D eigenvalue weighted by Gasteiger charge is -2.36. The molecule has 1 amide bonds. The van der Waals surface area contributed by atoms with Crippen molar-refractivity contribution in [1.82, 2.24) is 14.8 Å². The Morgan fingerprint density at radius 2 is 2.00 bits per heavy atom. The maximum atomic E-state index is 12.8. The summed E-state index contributed by atoms with van der Waals surface area (Å²) in [7, 11) is 1.59. The Balaban J connectivity index is 1.62. The summed E-state index contributed by atoms with van der Waals surface area (Å²) in [5.74, 6) is 0.664. The molecular weight excluding hydrogens is 290 g/mol. The van der Waals surface area contributed by atoms with Gasteiger partial charge < -0.3 is 14.5 Å². The van der Waals surface area contributed by atoms with Gasteiger partial charge in [-0.25, -0.2) is 4.98 Å². The smallest absolute Gasteiger partial charge is 0.255 e. The summed E-state index contributed by atoms with van der Waals surface area (Å²) >= 11 is 0. The summed E-state index contributed by atoms with van der Waals surface area (Å²) < 4.78 is 5.07. The number of methoxy groups -OCH3 is 1. The topological polar surface area (TPSA) is 45.7 Å². The molecule has 0 radical (unpaired) electrons. The Morgan fingerprint density at radius 3 is 2.70 bits per heavy atom. The summed E-state index contributed by atoms with van der Waals surface area (Å²) in [4.78, 5) is 21.6. The number of rotatable bonds is 5. The highest BCUT2D eigenvalue weighted by Crippen LogP contribution is 2.23. The molecule has 1 atom stereocenters. The molecule has 1 aromatic rings. The second-order valence-corrected chi connectivity index (χ2v) is 6.57. The van der Waals surface area contributed by atoms with Crippen LogP contribution >= 0.6 is 0 Å². The fourth-order valence-electron chi connectivity index (χ4n) is 3.70. The van der Waals surface area contributed by atoms with Gasteiger partial charge in [-0.3, -0.25) is 4.79 Å². The zero-order valence-corrected chi connectivity index (χ0v) is 14.0. The lowest BCUT2D eigenvalue weighted by molar-refractivity contribution is 0.0587. The van der Waals surface area contributed by atoms with Crippen molar-refractivity contribution in [3.8, 4) is 5.88 Å². The molecule has 0 spiro atoms. The molecule has 0 bridgehead atoms. The van der Waals surface area contributed by atoms with Gasteiger partial charge in [0.25, 0.3) is 5.91 Å². The molecule has 0 N–H and O–H groups in total. The third kappa shape index (κ3) is 4.02. The molecule has 5 nitrogen and oxygen atoms in total.